The number of sulfone groups is 1. The molecule has 0 bridgehead atoms. The van der Waals surface area contributed by atoms with Gasteiger partial charge in [-0.1, -0.05) is 11.8 Å². The maximum atomic E-state index is 11.1. The highest BCUT2D eigenvalue weighted by molar-refractivity contribution is 8.13. The lowest BCUT2D eigenvalue weighted by molar-refractivity contribution is 0.445. The Labute approximate surface area is 102 Å². The van der Waals surface area contributed by atoms with Crippen LogP contribution in [0, 0.1) is 0 Å². The quantitative estimate of drug-likeness (QED) is 0.834. The smallest absolute Gasteiger partial charge is 0.157 e. The van der Waals surface area contributed by atoms with Gasteiger partial charge in [-0.25, -0.2) is 8.42 Å². The normalized spacial score (nSPS) is 25.1. The minimum absolute atomic E-state index is 0.0644. The van der Waals surface area contributed by atoms with Gasteiger partial charge in [0.2, 0.25) is 0 Å². The summed E-state index contributed by atoms with van der Waals surface area (Å²) in [5.41, 5.74) is 0.0644. The van der Waals surface area contributed by atoms with E-state index in [9.17, 15) is 8.42 Å². The van der Waals surface area contributed by atoms with Gasteiger partial charge in [0, 0.05) is 17.5 Å². The standard InChI is InChI=1S/C10H20N2O2S2/c1-8(7-16(4,13)14)11-9-12-10(2,3)5-6-15-9/h8H,5-7H2,1-4H3,(H,11,12). The van der Waals surface area contributed by atoms with Crippen LogP contribution in [0.5, 0.6) is 0 Å². The summed E-state index contributed by atoms with van der Waals surface area (Å²) in [5, 5.41) is 4.20. The minimum atomic E-state index is -2.95. The second-order valence-electron chi connectivity index (χ2n) is 4.98. The lowest BCUT2D eigenvalue weighted by Crippen LogP contribution is -2.46. The Kier molecular flexibility index (Phi) is 4.29. The molecule has 0 aromatic heterocycles. The average molecular weight is 264 g/mol. The molecule has 6 heteroatoms. The summed E-state index contributed by atoms with van der Waals surface area (Å²) in [7, 11) is -2.95. The van der Waals surface area contributed by atoms with Crippen molar-refractivity contribution in [1.29, 1.82) is 0 Å². The summed E-state index contributed by atoms with van der Waals surface area (Å²) in [6, 6.07) is -0.182. The van der Waals surface area contributed by atoms with Gasteiger partial charge in [0.1, 0.15) is 9.84 Å². The zero-order valence-corrected chi connectivity index (χ0v) is 11.9. The van der Waals surface area contributed by atoms with Gasteiger partial charge in [-0.15, -0.1) is 0 Å². The van der Waals surface area contributed by atoms with E-state index >= 15 is 0 Å². The molecule has 1 heterocycles. The number of hydrogen-bond donors (Lipinski definition) is 1. The molecule has 0 amide bonds. The number of aliphatic imine (C=N–C) groups is 1. The zero-order valence-electron chi connectivity index (χ0n) is 10.3. The lowest BCUT2D eigenvalue weighted by Gasteiger charge is -2.32. The molecule has 1 rings (SSSR count). The highest BCUT2D eigenvalue weighted by Gasteiger charge is 2.24. The van der Waals surface area contributed by atoms with E-state index < -0.39 is 9.84 Å². The molecule has 0 aliphatic carbocycles. The molecule has 0 saturated carbocycles. The summed E-state index contributed by atoms with van der Waals surface area (Å²) in [5.74, 6) is 1.14. The second-order valence-corrected chi connectivity index (χ2v) is 8.25. The first-order chi connectivity index (χ1) is 7.18. The largest absolute Gasteiger partial charge is 0.360 e. The van der Waals surface area contributed by atoms with Gasteiger partial charge >= 0.3 is 0 Å². The SMILES string of the molecule is CC(CS(C)(=O)=O)N=C1NC(C)(C)CCS1. The summed E-state index contributed by atoms with van der Waals surface area (Å²) in [4.78, 5) is 4.41. The van der Waals surface area contributed by atoms with Gasteiger partial charge < -0.3 is 5.32 Å². The Hall–Kier alpha value is -0.230. The van der Waals surface area contributed by atoms with E-state index in [-0.39, 0.29) is 17.3 Å². The van der Waals surface area contributed by atoms with Crippen LogP contribution >= 0.6 is 11.8 Å². The van der Waals surface area contributed by atoms with Gasteiger partial charge in [0.15, 0.2) is 5.17 Å². The van der Waals surface area contributed by atoms with Crippen molar-refractivity contribution in [2.75, 3.05) is 17.8 Å². The van der Waals surface area contributed by atoms with Crippen molar-refractivity contribution in [3.8, 4) is 0 Å². The van der Waals surface area contributed by atoms with Gasteiger partial charge in [0.25, 0.3) is 0 Å². The third kappa shape index (κ3) is 5.21. The summed E-state index contributed by atoms with van der Waals surface area (Å²) in [6.07, 6.45) is 2.34. The summed E-state index contributed by atoms with van der Waals surface area (Å²) < 4.78 is 22.2. The van der Waals surface area contributed by atoms with E-state index in [0.717, 1.165) is 17.3 Å². The molecule has 1 aliphatic rings. The van der Waals surface area contributed by atoms with Crippen LogP contribution in [-0.2, 0) is 9.84 Å². The Morgan fingerprint density at radius 3 is 2.69 bits per heavy atom. The average Bonchev–Trinajstić information content (AvgIpc) is 1.96. The van der Waals surface area contributed by atoms with E-state index in [1.54, 1.807) is 11.8 Å². The van der Waals surface area contributed by atoms with Gasteiger partial charge in [-0.3, -0.25) is 4.99 Å². The van der Waals surface area contributed by atoms with Crippen LogP contribution in [0.1, 0.15) is 27.2 Å². The Balaban J connectivity index is 2.63. The molecule has 0 aromatic carbocycles. The van der Waals surface area contributed by atoms with Crippen molar-refractivity contribution in [3.05, 3.63) is 0 Å². The van der Waals surface area contributed by atoms with Crippen LogP contribution in [0.4, 0.5) is 0 Å². The van der Waals surface area contributed by atoms with Crippen LogP contribution in [0.25, 0.3) is 0 Å². The van der Waals surface area contributed by atoms with Crippen LogP contribution in [-0.4, -0.2) is 42.9 Å². The van der Waals surface area contributed by atoms with Crippen LogP contribution in [0.3, 0.4) is 0 Å². The molecule has 1 unspecified atom stereocenters. The fourth-order valence-electron chi connectivity index (χ4n) is 1.54. The first kappa shape index (κ1) is 13.8. The van der Waals surface area contributed by atoms with Gasteiger partial charge in [-0.2, -0.15) is 0 Å². The molecule has 0 radical (unpaired) electrons. The summed E-state index contributed by atoms with van der Waals surface area (Å²) >= 11 is 1.66. The Morgan fingerprint density at radius 2 is 2.19 bits per heavy atom. The maximum Gasteiger partial charge on any atom is 0.157 e. The maximum absolute atomic E-state index is 11.1. The molecule has 16 heavy (non-hydrogen) atoms. The minimum Gasteiger partial charge on any atom is -0.360 e. The molecule has 1 fully saturated rings. The molecule has 1 N–H and O–H groups in total. The molecule has 94 valence electrons. The molecule has 1 atom stereocenters. The number of thioether (sulfide) groups is 1. The number of rotatable bonds is 3. The van der Waals surface area contributed by atoms with Crippen LogP contribution in [0.15, 0.2) is 4.99 Å². The van der Waals surface area contributed by atoms with Crippen molar-refractivity contribution in [2.45, 2.75) is 38.8 Å². The molecule has 1 aliphatic heterocycles. The van der Waals surface area contributed by atoms with Crippen LogP contribution < -0.4 is 5.32 Å². The predicted octanol–water partition coefficient (Wildman–Crippen LogP) is 1.28. The first-order valence-electron chi connectivity index (χ1n) is 5.34. The van der Waals surface area contributed by atoms with E-state index in [2.05, 4.69) is 24.2 Å². The fourth-order valence-corrected chi connectivity index (χ4v) is 3.90. The third-order valence-corrected chi connectivity index (χ3v) is 4.27. The highest BCUT2D eigenvalue weighted by atomic mass is 32.2. The fraction of sp³-hybridized carbons (Fsp3) is 0.900. The predicted molar refractivity (Wildman–Crippen MR) is 70.9 cm³/mol. The first-order valence-corrected chi connectivity index (χ1v) is 8.39. The second kappa shape index (κ2) is 4.96. The Morgan fingerprint density at radius 1 is 1.56 bits per heavy atom. The van der Waals surface area contributed by atoms with Crippen molar-refractivity contribution in [3.63, 3.8) is 0 Å². The van der Waals surface area contributed by atoms with Gasteiger partial charge in [-0.05, 0) is 27.2 Å². The zero-order chi connectivity index (χ0) is 12.4. The molecule has 4 nitrogen and oxygen atoms in total. The van der Waals surface area contributed by atoms with Crippen molar-refractivity contribution < 1.29 is 8.42 Å². The van der Waals surface area contributed by atoms with Crippen molar-refractivity contribution in [2.24, 2.45) is 4.99 Å². The van der Waals surface area contributed by atoms with Crippen molar-refractivity contribution >= 4 is 26.8 Å². The summed E-state index contributed by atoms with van der Waals surface area (Å²) in [6.45, 7) is 6.09. The molecular formula is C10H20N2O2S2. The van der Waals surface area contributed by atoms with Crippen molar-refractivity contribution in [1.82, 2.24) is 5.32 Å². The van der Waals surface area contributed by atoms with E-state index in [1.165, 1.54) is 6.26 Å². The molecular weight excluding hydrogens is 244 g/mol. The third-order valence-electron chi connectivity index (χ3n) is 2.29. The van der Waals surface area contributed by atoms with E-state index in [4.69, 9.17) is 0 Å². The Bertz CT molecular complexity index is 374. The van der Waals surface area contributed by atoms with Crippen LogP contribution in [0.2, 0.25) is 0 Å². The van der Waals surface area contributed by atoms with E-state index in [0.29, 0.717) is 0 Å². The number of amidine groups is 1. The van der Waals surface area contributed by atoms with E-state index in [1.807, 2.05) is 6.92 Å². The molecule has 0 aromatic rings. The number of hydrogen-bond acceptors (Lipinski definition) is 4. The molecule has 1 saturated heterocycles. The number of nitrogens with one attached hydrogen (secondary N) is 1. The monoisotopic (exact) mass is 264 g/mol. The molecule has 0 spiro atoms. The lowest BCUT2D eigenvalue weighted by atomic mass is 10.0. The number of nitrogens with zero attached hydrogens (tertiary/aromatic N) is 1. The highest BCUT2D eigenvalue weighted by Crippen LogP contribution is 2.21. The van der Waals surface area contributed by atoms with Gasteiger partial charge in [0.05, 0.1) is 11.8 Å². The topological polar surface area (TPSA) is 58.5 Å².